The minimum atomic E-state index is -0.0742. The zero-order valence-electron chi connectivity index (χ0n) is 15.3. The van der Waals surface area contributed by atoms with E-state index >= 15 is 0 Å². The summed E-state index contributed by atoms with van der Waals surface area (Å²) in [5.74, 6) is 1.42. The highest BCUT2D eigenvalue weighted by Crippen LogP contribution is 2.20. The Hall–Kier alpha value is -2.95. The maximum Gasteiger partial charge on any atom is 0.227 e. The molecule has 5 nitrogen and oxygen atoms in total. The van der Waals surface area contributed by atoms with Crippen LogP contribution in [0.15, 0.2) is 53.1 Å². The van der Waals surface area contributed by atoms with Gasteiger partial charge >= 0.3 is 0 Å². The molecule has 0 unspecified atom stereocenters. The SMILES string of the molecule is Cc1ccc(NC(=O)CCc2nc(-c3ccc(C(C)C)cc3)no2)cc1. The largest absolute Gasteiger partial charge is 0.339 e. The fourth-order valence-corrected chi connectivity index (χ4v) is 2.57. The molecule has 0 radical (unpaired) electrons. The van der Waals surface area contributed by atoms with E-state index in [4.69, 9.17) is 4.52 Å². The number of nitrogens with one attached hydrogen (secondary N) is 1. The van der Waals surface area contributed by atoms with Gasteiger partial charge in [-0.05, 0) is 30.5 Å². The first kappa shape index (κ1) is 17.9. The van der Waals surface area contributed by atoms with Crippen molar-refractivity contribution in [1.82, 2.24) is 10.1 Å². The number of aromatic nitrogens is 2. The third kappa shape index (κ3) is 4.57. The van der Waals surface area contributed by atoms with Crippen molar-refractivity contribution >= 4 is 11.6 Å². The fourth-order valence-electron chi connectivity index (χ4n) is 2.57. The van der Waals surface area contributed by atoms with Crippen molar-refractivity contribution in [3.05, 3.63) is 65.5 Å². The van der Waals surface area contributed by atoms with Crippen LogP contribution in [-0.4, -0.2) is 16.0 Å². The van der Waals surface area contributed by atoms with E-state index in [0.29, 0.717) is 30.5 Å². The Bertz CT molecular complexity index is 865. The van der Waals surface area contributed by atoms with Gasteiger partial charge in [-0.25, -0.2) is 0 Å². The van der Waals surface area contributed by atoms with E-state index in [1.54, 1.807) is 0 Å². The van der Waals surface area contributed by atoms with Crippen molar-refractivity contribution in [2.75, 3.05) is 5.32 Å². The maximum absolute atomic E-state index is 12.0. The van der Waals surface area contributed by atoms with Gasteiger partial charge in [-0.3, -0.25) is 4.79 Å². The standard InChI is InChI=1S/C21H23N3O2/c1-14(2)16-6-8-17(9-7-16)21-23-20(26-24-21)13-12-19(25)22-18-10-4-15(3)5-11-18/h4-11,14H,12-13H2,1-3H3,(H,22,25). The summed E-state index contributed by atoms with van der Waals surface area (Å²) < 4.78 is 5.27. The number of aryl methyl sites for hydroxylation is 2. The molecule has 0 aliphatic rings. The molecule has 0 atom stereocenters. The lowest BCUT2D eigenvalue weighted by molar-refractivity contribution is -0.116. The van der Waals surface area contributed by atoms with Crippen molar-refractivity contribution in [2.45, 2.75) is 39.5 Å². The summed E-state index contributed by atoms with van der Waals surface area (Å²) in [6.45, 7) is 6.32. The normalized spacial score (nSPS) is 10.9. The number of rotatable bonds is 6. The third-order valence-corrected chi connectivity index (χ3v) is 4.20. The molecule has 2 aromatic carbocycles. The van der Waals surface area contributed by atoms with Crippen molar-refractivity contribution in [3.8, 4) is 11.4 Å². The first-order valence-corrected chi connectivity index (χ1v) is 8.80. The second kappa shape index (κ2) is 7.95. The molecule has 134 valence electrons. The van der Waals surface area contributed by atoms with Crippen LogP contribution in [-0.2, 0) is 11.2 Å². The minimum Gasteiger partial charge on any atom is -0.339 e. The summed E-state index contributed by atoms with van der Waals surface area (Å²) in [5, 5.41) is 6.88. The van der Waals surface area contributed by atoms with Gasteiger partial charge in [0.2, 0.25) is 17.6 Å². The van der Waals surface area contributed by atoms with Crippen LogP contribution in [0, 0.1) is 6.92 Å². The lowest BCUT2D eigenvalue weighted by Crippen LogP contribution is -2.12. The van der Waals surface area contributed by atoms with Crippen LogP contribution in [0.2, 0.25) is 0 Å². The molecule has 3 rings (SSSR count). The maximum atomic E-state index is 12.0. The van der Waals surface area contributed by atoms with E-state index < -0.39 is 0 Å². The number of nitrogens with zero attached hydrogens (tertiary/aromatic N) is 2. The Labute approximate surface area is 153 Å². The average molecular weight is 349 g/mol. The zero-order valence-corrected chi connectivity index (χ0v) is 15.3. The average Bonchev–Trinajstić information content (AvgIpc) is 3.11. The molecule has 0 saturated heterocycles. The third-order valence-electron chi connectivity index (χ3n) is 4.20. The highest BCUT2D eigenvalue weighted by atomic mass is 16.5. The zero-order chi connectivity index (χ0) is 18.5. The summed E-state index contributed by atoms with van der Waals surface area (Å²) in [5.41, 5.74) is 4.12. The Kier molecular flexibility index (Phi) is 5.46. The van der Waals surface area contributed by atoms with E-state index in [1.807, 2.05) is 43.3 Å². The van der Waals surface area contributed by atoms with Gasteiger partial charge in [-0.15, -0.1) is 0 Å². The van der Waals surface area contributed by atoms with Gasteiger partial charge in [0.1, 0.15) is 0 Å². The lowest BCUT2D eigenvalue weighted by Gasteiger charge is -2.04. The summed E-state index contributed by atoms with van der Waals surface area (Å²) in [4.78, 5) is 16.4. The number of anilines is 1. The Morgan fingerprint density at radius 2 is 1.77 bits per heavy atom. The van der Waals surface area contributed by atoms with Crippen LogP contribution in [0.4, 0.5) is 5.69 Å². The van der Waals surface area contributed by atoms with Gasteiger partial charge in [0, 0.05) is 24.1 Å². The summed E-state index contributed by atoms with van der Waals surface area (Å²) in [7, 11) is 0. The van der Waals surface area contributed by atoms with Gasteiger partial charge in [-0.1, -0.05) is 61.0 Å². The highest BCUT2D eigenvalue weighted by molar-refractivity contribution is 5.90. The molecule has 0 bridgehead atoms. The molecular weight excluding hydrogens is 326 g/mol. The molecule has 26 heavy (non-hydrogen) atoms. The molecule has 0 aliphatic carbocycles. The quantitative estimate of drug-likeness (QED) is 0.698. The Balaban J connectivity index is 1.56. The number of hydrogen-bond acceptors (Lipinski definition) is 4. The second-order valence-electron chi connectivity index (χ2n) is 6.70. The van der Waals surface area contributed by atoms with Crippen molar-refractivity contribution in [3.63, 3.8) is 0 Å². The molecule has 0 aliphatic heterocycles. The molecule has 3 aromatic rings. The van der Waals surface area contributed by atoms with Crippen molar-refractivity contribution in [2.24, 2.45) is 0 Å². The van der Waals surface area contributed by atoms with Gasteiger partial charge < -0.3 is 9.84 Å². The van der Waals surface area contributed by atoms with E-state index in [2.05, 4.69) is 41.4 Å². The van der Waals surface area contributed by atoms with E-state index in [-0.39, 0.29) is 5.91 Å². The molecule has 1 N–H and O–H groups in total. The molecule has 5 heteroatoms. The number of carbonyl (C=O) groups excluding carboxylic acids is 1. The van der Waals surface area contributed by atoms with Crippen LogP contribution in [0.1, 0.15) is 43.2 Å². The summed E-state index contributed by atoms with van der Waals surface area (Å²) in [6, 6.07) is 15.8. The molecular formula is C21H23N3O2. The van der Waals surface area contributed by atoms with Gasteiger partial charge in [0.25, 0.3) is 0 Å². The highest BCUT2D eigenvalue weighted by Gasteiger charge is 2.11. The topological polar surface area (TPSA) is 68.0 Å². The van der Waals surface area contributed by atoms with Crippen LogP contribution in [0.25, 0.3) is 11.4 Å². The van der Waals surface area contributed by atoms with Crippen molar-refractivity contribution in [1.29, 1.82) is 0 Å². The number of carbonyl (C=O) groups is 1. The van der Waals surface area contributed by atoms with Gasteiger partial charge in [-0.2, -0.15) is 4.98 Å². The van der Waals surface area contributed by atoms with Crippen LogP contribution in [0.5, 0.6) is 0 Å². The molecule has 1 heterocycles. The van der Waals surface area contributed by atoms with Crippen LogP contribution >= 0.6 is 0 Å². The summed E-state index contributed by atoms with van der Waals surface area (Å²) >= 11 is 0. The monoisotopic (exact) mass is 349 g/mol. The van der Waals surface area contributed by atoms with Crippen molar-refractivity contribution < 1.29 is 9.32 Å². The number of amides is 1. The van der Waals surface area contributed by atoms with E-state index in [0.717, 1.165) is 16.8 Å². The van der Waals surface area contributed by atoms with Gasteiger partial charge in [0.15, 0.2) is 0 Å². The molecule has 1 aromatic heterocycles. The predicted molar refractivity (Wildman–Crippen MR) is 102 cm³/mol. The molecule has 0 fully saturated rings. The summed E-state index contributed by atoms with van der Waals surface area (Å²) in [6.07, 6.45) is 0.705. The smallest absolute Gasteiger partial charge is 0.227 e. The minimum absolute atomic E-state index is 0.0742. The predicted octanol–water partition coefficient (Wildman–Crippen LogP) is 4.74. The van der Waals surface area contributed by atoms with Gasteiger partial charge in [0.05, 0.1) is 0 Å². The molecule has 0 spiro atoms. The first-order valence-electron chi connectivity index (χ1n) is 8.80. The van der Waals surface area contributed by atoms with E-state index in [1.165, 1.54) is 5.56 Å². The Morgan fingerprint density at radius 1 is 1.08 bits per heavy atom. The number of benzene rings is 2. The lowest BCUT2D eigenvalue weighted by atomic mass is 10.0. The molecule has 1 amide bonds. The number of hydrogen-bond donors (Lipinski definition) is 1. The van der Waals surface area contributed by atoms with Crippen LogP contribution in [0.3, 0.4) is 0 Å². The van der Waals surface area contributed by atoms with E-state index in [9.17, 15) is 4.79 Å². The fraction of sp³-hybridized carbons (Fsp3) is 0.286. The molecule has 0 saturated carbocycles. The van der Waals surface area contributed by atoms with Crippen LogP contribution < -0.4 is 5.32 Å². The second-order valence-corrected chi connectivity index (χ2v) is 6.70. The first-order chi connectivity index (χ1) is 12.5. The Morgan fingerprint density at radius 3 is 2.42 bits per heavy atom.